The molecule has 1 aromatic rings. The first-order valence-electron chi connectivity index (χ1n) is 7.82. The number of halogens is 1. The molecule has 1 fully saturated rings. The standard InChI is InChI=1S/C17H24ClNO2/c18-16-8-3-6-14(11-16)5-1-2-9-19-10-4-7-15(13-19)12-17(20)21/h3,6,8,11,15H,1-2,4-5,7,9-10,12-13H2,(H,20,21). The van der Waals surface area contributed by atoms with Gasteiger partial charge in [0.05, 0.1) is 0 Å². The number of rotatable bonds is 7. The van der Waals surface area contributed by atoms with Gasteiger partial charge in [-0.2, -0.15) is 0 Å². The van der Waals surface area contributed by atoms with Crippen LogP contribution in [-0.2, 0) is 11.2 Å². The van der Waals surface area contributed by atoms with E-state index >= 15 is 0 Å². The minimum Gasteiger partial charge on any atom is -0.481 e. The van der Waals surface area contributed by atoms with Crippen LogP contribution in [0.25, 0.3) is 0 Å². The zero-order chi connectivity index (χ0) is 15.1. The molecule has 2 rings (SSSR count). The Balaban J connectivity index is 1.65. The van der Waals surface area contributed by atoms with E-state index in [0.29, 0.717) is 12.3 Å². The Kier molecular flexibility index (Phi) is 6.52. The lowest BCUT2D eigenvalue weighted by atomic mass is 9.94. The molecule has 4 heteroatoms. The second kappa shape index (κ2) is 8.40. The summed E-state index contributed by atoms with van der Waals surface area (Å²) >= 11 is 5.98. The number of unbranched alkanes of at least 4 members (excludes halogenated alkanes) is 1. The summed E-state index contributed by atoms with van der Waals surface area (Å²) in [6.07, 6.45) is 5.89. The minimum absolute atomic E-state index is 0.318. The first-order chi connectivity index (χ1) is 10.1. The van der Waals surface area contributed by atoms with Crippen molar-refractivity contribution in [2.75, 3.05) is 19.6 Å². The molecule has 0 saturated carbocycles. The normalized spacial score (nSPS) is 19.6. The molecule has 1 heterocycles. The van der Waals surface area contributed by atoms with Crippen LogP contribution in [0.15, 0.2) is 24.3 Å². The number of hydrogen-bond acceptors (Lipinski definition) is 2. The highest BCUT2D eigenvalue weighted by molar-refractivity contribution is 6.30. The summed E-state index contributed by atoms with van der Waals surface area (Å²) in [4.78, 5) is 13.2. The minimum atomic E-state index is -0.664. The maximum atomic E-state index is 10.8. The van der Waals surface area contributed by atoms with E-state index in [2.05, 4.69) is 11.0 Å². The number of carboxylic acids is 1. The van der Waals surface area contributed by atoms with Gasteiger partial charge in [0.25, 0.3) is 0 Å². The van der Waals surface area contributed by atoms with Crippen LogP contribution in [0.2, 0.25) is 5.02 Å². The molecule has 0 aromatic heterocycles. The van der Waals surface area contributed by atoms with Crippen LogP contribution in [0.5, 0.6) is 0 Å². The Morgan fingerprint density at radius 1 is 1.38 bits per heavy atom. The van der Waals surface area contributed by atoms with Crippen molar-refractivity contribution in [2.24, 2.45) is 5.92 Å². The van der Waals surface area contributed by atoms with Gasteiger partial charge in [-0.3, -0.25) is 4.79 Å². The summed E-state index contributed by atoms with van der Waals surface area (Å²) in [5.41, 5.74) is 1.30. The number of carbonyl (C=O) groups is 1. The molecular formula is C17H24ClNO2. The van der Waals surface area contributed by atoms with Gasteiger partial charge in [0.1, 0.15) is 0 Å². The second-order valence-corrected chi connectivity index (χ2v) is 6.43. The number of aryl methyl sites for hydroxylation is 1. The van der Waals surface area contributed by atoms with Crippen LogP contribution < -0.4 is 0 Å². The van der Waals surface area contributed by atoms with Gasteiger partial charge in [0.15, 0.2) is 0 Å². The number of piperidine rings is 1. The Hall–Kier alpha value is -1.06. The van der Waals surface area contributed by atoms with Crippen molar-refractivity contribution < 1.29 is 9.90 Å². The first-order valence-corrected chi connectivity index (χ1v) is 8.20. The van der Waals surface area contributed by atoms with Crippen molar-refractivity contribution in [1.82, 2.24) is 4.90 Å². The monoisotopic (exact) mass is 309 g/mol. The molecule has 1 saturated heterocycles. The molecule has 0 radical (unpaired) electrons. The molecule has 1 aliphatic heterocycles. The van der Waals surface area contributed by atoms with Crippen molar-refractivity contribution in [2.45, 2.75) is 38.5 Å². The van der Waals surface area contributed by atoms with E-state index in [-0.39, 0.29) is 0 Å². The molecule has 21 heavy (non-hydrogen) atoms. The van der Waals surface area contributed by atoms with Crippen molar-refractivity contribution in [3.8, 4) is 0 Å². The largest absolute Gasteiger partial charge is 0.481 e. The van der Waals surface area contributed by atoms with Crippen LogP contribution in [0.4, 0.5) is 0 Å². The fraction of sp³-hybridized carbons (Fsp3) is 0.588. The Morgan fingerprint density at radius 3 is 3.00 bits per heavy atom. The zero-order valence-electron chi connectivity index (χ0n) is 12.4. The fourth-order valence-corrected chi connectivity index (χ4v) is 3.34. The number of benzene rings is 1. The highest BCUT2D eigenvalue weighted by Gasteiger charge is 2.21. The van der Waals surface area contributed by atoms with Gasteiger partial charge < -0.3 is 10.0 Å². The van der Waals surface area contributed by atoms with Gasteiger partial charge in [-0.25, -0.2) is 0 Å². The van der Waals surface area contributed by atoms with E-state index in [1.54, 1.807) is 0 Å². The summed E-state index contributed by atoms with van der Waals surface area (Å²) in [5, 5.41) is 9.69. The van der Waals surface area contributed by atoms with Crippen LogP contribution in [0.1, 0.15) is 37.7 Å². The molecule has 1 unspecified atom stereocenters. The lowest BCUT2D eigenvalue weighted by Crippen LogP contribution is -2.36. The molecule has 0 amide bonds. The molecule has 3 nitrogen and oxygen atoms in total. The Morgan fingerprint density at radius 2 is 2.24 bits per heavy atom. The molecule has 0 bridgehead atoms. The molecule has 116 valence electrons. The average Bonchev–Trinajstić information content (AvgIpc) is 2.43. The van der Waals surface area contributed by atoms with Gasteiger partial charge in [-0.1, -0.05) is 23.7 Å². The number of carboxylic acid groups (broad SMARTS) is 1. The predicted octanol–water partition coefficient (Wildman–Crippen LogP) is 3.85. The van der Waals surface area contributed by atoms with Crippen molar-refractivity contribution in [1.29, 1.82) is 0 Å². The maximum Gasteiger partial charge on any atom is 0.303 e. The number of nitrogens with zero attached hydrogens (tertiary/aromatic N) is 1. The third-order valence-corrected chi connectivity index (χ3v) is 4.38. The Labute approximate surface area is 131 Å². The molecule has 1 aliphatic rings. The molecule has 1 aromatic carbocycles. The number of hydrogen-bond donors (Lipinski definition) is 1. The van der Waals surface area contributed by atoms with E-state index in [0.717, 1.165) is 56.8 Å². The summed E-state index contributed by atoms with van der Waals surface area (Å²) in [6.45, 7) is 3.15. The van der Waals surface area contributed by atoms with Crippen LogP contribution in [0.3, 0.4) is 0 Å². The fourth-order valence-electron chi connectivity index (χ4n) is 3.12. The van der Waals surface area contributed by atoms with Crippen LogP contribution in [-0.4, -0.2) is 35.6 Å². The van der Waals surface area contributed by atoms with Crippen molar-refractivity contribution in [3.05, 3.63) is 34.9 Å². The number of likely N-dealkylation sites (tertiary alicyclic amines) is 1. The van der Waals surface area contributed by atoms with E-state index < -0.39 is 5.97 Å². The lowest BCUT2D eigenvalue weighted by Gasteiger charge is -2.32. The van der Waals surface area contributed by atoms with Crippen LogP contribution in [0, 0.1) is 5.92 Å². The molecule has 1 atom stereocenters. The topological polar surface area (TPSA) is 40.5 Å². The highest BCUT2D eigenvalue weighted by Crippen LogP contribution is 2.20. The summed E-state index contributed by atoms with van der Waals surface area (Å²) in [6, 6.07) is 8.06. The molecule has 0 spiro atoms. The van der Waals surface area contributed by atoms with Gasteiger partial charge in [0, 0.05) is 18.0 Å². The average molecular weight is 310 g/mol. The van der Waals surface area contributed by atoms with Gasteiger partial charge in [0.2, 0.25) is 0 Å². The molecule has 1 N–H and O–H groups in total. The molecular weight excluding hydrogens is 286 g/mol. The van der Waals surface area contributed by atoms with Crippen LogP contribution >= 0.6 is 11.6 Å². The second-order valence-electron chi connectivity index (χ2n) is 5.99. The van der Waals surface area contributed by atoms with Gasteiger partial charge >= 0.3 is 5.97 Å². The third-order valence-electron chi connectivity index (χ3n) is 4.15. The smallest absolute Gasteiger partial charge is 0.303 e. The lowest BCUT2D eigenvalue weighted by molar-refractivity contribution is -0.138. The molecule has 0 aliphatic carbocycles. The van der Waals surface area contributed by atoms with E-state index in [9.17, 15) is 4.79 Å². The van der Waals surface area contributed by atoms with Gasteiger partial charge in [-0.15, -0.1) is 0 Å². The van der Waals surface area contributed by atoms with E-state index in [1.807, 2.05) is 18.2 Å². The Bertz CT molecular complexity index is 464. The van der Waals surface area contributed by atoms with E-state index in [4.69, 9.17) is 16.7 Å². The summed E-state index contributed by atoms with van der Waals surface area (Å²) in [5.74, 6) is -0.327. The van der Waals surface area contributed by atoms with Crippen molar-refractivity contribution in [3.63, 3.8) is 0 Å². The zero-order valence-corrected chi connectivity index (χ0v) is 13.2. The quantitative estimate of drug-likeness (QED) is 0.778. The van der Waals surface area contributed by atoms with Gasteiger partial charge in [-0.05, 0) is 68.8 Å². The predicted molar refractivity (Wildman–Crippen MR) is 85.8 cm³/mol. The number of aliphatic carboxylic acids is 1. The summed E-state index contributed by atoms with van der Waals surface area (Å²) in [7, 11) is 0. The SMILES string of the molecule is O=C(O)CC1CCCN(CCCCc2cccc(Cl)c2)C1. The summed E-state index contributed by atoms with van der Waals surface area (Å²) < 4.78 is 0. The third kappa shape index (κ3) is 6.06. The maximum absolute atomic E-state index is 10.8. The van der Waals surface area contributed by atoms with E-state index in [1.165, 1.54) is 5.56 Å². The van der Waals surface area contributed by atoms with Crippen molar-refractivity contribution >= 4 is 17.6 Å². The highest BCUT2D eigenvalue weighted by atomic mass is 35.5. The first kappa shape index (κ1) is 16.3.